The maximum absolute atomic E-state index is 10.2. The number of carbonyl (C=O) groups is 2. The molecule has 7 nitrogen and oxygen atoms in total. The summed E-state index contributed by atoms with van der Waals surface area (Å²) in [6, 6.07) is 0. The minimum Gasteiger partial charge on any atom is -0.369 e. The SMILES string of the molecule is NC(=O)CC(=O)N[N+](=O)[O-]. The zero-order chi connectivity index (χ0) is 8.15. The largest absolute Gasteiger partial charge is 0.369 e. The summed E-state index contributed by atoms with van der Waals surface area (Å²) in [5.74, 6) is -1.92. The first-order valence-corrected chi connectivity index (χ1v) is 2.24. The summed E-state index contributed by atoms with van der Waals surface area (Å²) >= 11 is 0. The number of hydrogen-bond donors (Lipinski definition) is 2. The average molecular weight is 147 g/mol. The second-order valence-corrected chi connectivity index (χ2v) is 1.44. The van der Waals surface area contributed by atoms with Gasteiger partial charge < -0.3 is 5.73 Å². The zero-order valence-corrected chi connectivity index (χ0v) is 4.86. The molecule has 0 saturated heterocycles. The molecule has 0 aromatic carbocycles. The molecule has 0 rings (SSSR count). The molecule has 3 N–H and O–H groups in total. The zero-order valence-electron chi connectivity index (χ0n) is 4.86. The molecule has 0 aromatic rings. The van der Waals surface area contributed by atoms with E-state index in [4.69, 9.17) is 0 Å². The van der Waals surface area contributed by atoms with Gasteiger partial charge in [0.25, 0.3) is 5.91 Å². The van der Waals surface area contributed by atoms with E-state index in [1.54, 1.807) is 0 Å². The van der Waals surface area contributed by atoms with E-state index in [1.165, 1.54) is 5.43 Å². The normalized spacial score (nSPS) is 8.40. The Bertz CT molecular complexity index is 159. The van der Waals surface area contributed by atoms with Crippen molar-refractivity contribution in [2.75, 3.05) is 0 Å². The van der Waals surface area contributed by atoms with Crippen molar-refractivity contribution < 1.29 is 14.6 Å². The molecule has 0 aromatic heterocycles. The van der Waals surface area contributed by atoms with Crippen molar-refractivity contribution in [3.8, 4) is 0 Å². The fourth-order valence-electron chi connectivity index (χ4n) is 0.300. The summed E-state index contributed by atoms with van der Waals surface area (Å²) in [7, 11) is 0. The van der Waals surface area contributed by atoms with Gasteiger partial charge in [-0.3, -0.25) is 9.59 Å². The molecule has 0 saturated carbocycles. The molecule has 0 spiro atoms. The van der Waals surface area contributed by atoms with E-state index in [1.807, 2.05) is 0 Å². The standard InChI is InChI=1S/C3H5N3O4/c4-2(7)1-3(8)5-6(9)10/h1H2,(H2,4,7)(H,5,8). The number of nitrogens with one attached hydrogen (secondary N) is 1. The molecule has 0 radical (unpaired) electrons. The Kier molecular flexibility index (Phi) is 2.82. The third-order valence-electron chi connectivity index (χ3n) is 0.551. The molecule has 2 amide bonds. The molecule has 10 heavy (non-hydrogen) atoms. The van der Waals surface area contributed by atoms with Gasteiger partial charge in [-0.2, -0.15) is 0 Å². The predicted molar refractivity (Wildman–Crippen MR) is 28.9 cm³/mol. The maximum atomic E-state index is 10.2. The predicted octanol–water partition coefficient (Wildman–Crippen LogP) is -1.83. The van der Waals surface area contributed by atoms with Crippen LogP contribution in [-0.2, 0) is 9.59 Å². The lowest BCUT2D eigenvalue weighted by Crippen LogP contribution is -2.32. The number of rotatable bonds is 3. The second kappa shape index (κ2) is 3.38. The Morgan fingerprint density at radius 2 is 2.10 bits per heavy atom. The minimum atomic E-state index is -1.05. The average Bonchev–Trinajstić information content (AvgIpc) is 1.58. The third-order valence-corrected chi connectivity index (χ3v) is 0.551. The van der Waals surface area contributed by atoms with Crippen molar-refractivity contribution in [3.63, 3.8) is 0 Å². The number of nitrogens with zero attached hydrogens (tertiary/aromatic N) is 1. The van der Waals surface area contributed by atoms with Crippen molar-refractivity contribution >= 4 is 11.8 Å². The number of hydrazine groups is 1. The molecule has 7 heteroatoms. The lowest BCUT2D eigenvalue weighted by Gasteiger charge is -1.90. The third kappa shape index (κ3) is 4.50. The Hall–Kier alpha value is -1.66. The van der Waals surface area contributed by atoms with E-state index in [0.717, 1.165) is 0 Å². The van der Waals surface area contributed by atoms with Crippen LogP contribution in [0.25, 0.3) is 0 Å². The van der Waals surface area contributed by atoms with Crippen LogP contribution in [0.2, 0.25) is 0 Å². The van der Waals surface area contributed by atoms with Crippen LogP contribution in [0, 0.1) is 10.1 Å². The first kappa shape index (κ1) is 8.34. The first-order valence-electron chi connectivity index (χ1n) is 2.24. The Morgan fingerprint density at radius 1 is 1.60 bits per heavy atom. The highest BCUT2D eigenvalue weighted by atomic mass is 16.7. The highest BCUT2D eigenvalue weighted by Gasteiger charge is 2.09. The molecule has 0 fully saturated rings. The van der Waals surface area contributed by atoms with Crippen LogP contribution >= 0.6 is 0 Å². The number of amides is 2. The van der Waals surface area contributed by atoms with Crippen molar-refractivity contribution in [3.05, 3.63) is 10.1 Å². The van der Waals surface area contributed by atoms with E-state index >= 15 is 0 Å². The van der Waals surface area contributed by atoms with E-state index in [0.29, 0.717) is 0 Å². The summed E-state index contributed by atoms with van der Waals surface area (Å²) in [5, 5.41) is 8.46. The van der Waals surface area contributed by atoms with Crippen LogP contribution in [0.5, 0.6) is 0 Å². The van der Waals surface area contributed by atoms with Gasteiger partial charge in [-0.1, -0.05) is 5.43 Å². The number of hydrogen-bond acceptors (Lipinski definition) is 4. The van der Waals surface area contributed by atoms with Crippen molar-refractivity contribution in [2.45, 2.75) is 6.42 Å². The van der Waals surface area contributed by atoms with Gasteiger partial charge in [0.05, 0.1) is 0 Å². The van der Waals surface area contributed by atoms with Gasteiger partial charge in [-0.05, 0) is 0 Å². The summed E-state index contributed by atoms with van der Waals surface area (Å²) in [5.41, 5.74) is 5.80. The fourth-order valence-corrected chi connectivity index (χ4v) is 0.300. The highest BCUT2D eigenvalue weighted by molar-refractivity contribution is 5.95. The van der Waals surface area contributed by atoms with E-state index < -0.39 is 23.3 Å². The Morgan fingerprint density at radius 3 is 2.40 bits per heavy atom. The summed E-state index contributed by atoms with van der Waals surface area (Å²) < 4.78 is 0. The van der Waals surface area contributed by atoms with Crippen LogP contribution in [-0.4, -0.2) is 16.8 Å². The van der Waals surface area contributed by atoms with Crippen molar-refractivity contribution in [1.82, 2.24) is 5.43 Å². The lowest BCUT2D eigenvalue weighted by atomic mass is 10.4. The van der Waals surface area contributed by atoms with Crippen LogP contribution in [0.4, 0.5) is 0 Å². The van der Waals surface area contributed by atoms with E-state index in [-0.39, 0.29) is 0 Å². The summed E-state index contributed by atoms with van der Waals surface area (Å²) in [6.07, 6.45) is -0.666. The van der Waals surface area contributed by atoms with Gasteiger partial charge >= 0.3 is 0 Å². The minimum absolute atomic E-state index is 0.666. The van der Waals surface area contributed by atoms with E-state index in [2.05, 4.69) is 5.73 Å². The summed E-state index contributed by atoms with van der Waals surface area (Å²) in [6.45, 7) is 0. The second-order valence-electron chi connectivity index (χ2n) is 1.44. The van der Waals surface area contributed by atoms with Crippen molar-refractivity contribution in [1.29, 1.82) is 0 Å². The highest BCUT2D eigenvalue weighted by Crippen LogP contribution is 1.75. The molecule has 0 heterocycles. The Balaban J connectivity index is 3.65. The molecule has 0 aliphatic rings. The molecular weight excluding hydrogens is 142 g/mol. The number of nitrogens with two attached hydrogens (primary N) is 1. The van der Waals surface area contributed by atoms with Gasteiger partial charge in [0.2, 0.25) is 5.91 Å². The lowest BCUT2D eigenvalue weighted by molar-refractivity contribution is -0.530. The molecule has 0 aliphatic carbocycles. The maximum Gasteiger partial charge on any atom is 0.289 e. The van der Waals surface area contributed by atoms with Gasteiger partial charge in [-0.25, -0.2) is 10.1 Å². The van der Waals surface area contributed by atoms with Crippen LogP contribution < -0.4 is 11.2 Å². The number of nitro groups is 1. The number of carbonyl (C=O) groups excluding carboxylic acids is 2. The van der Waals surface area contributed by atoms with Gasteiger partial charge in [0.1, 0.15) is 6.42 Å². The van der Waals surface area contributed by atoms with Gasteiger partial charge in [0, 0.05) is 0 Å². The molecular formula is C3H5N3O4. The topological polar surface area (TPSA) is 115 Å². The van der Waals surface area contributed by atoms with Crippen LogP contribution in [0.15, 0.2) is 0 Å². The molecule has 0 atom stereocenters. The van der Waals surface area contributed by atoms with Crippen LogP contribution in [0.3, 0.4) is 0 Å². The molecule has 56 valence electrons. The Labute approximate surface area is 55.3 Å². The van der Waals surface area contributed by atoms with Crippen LogP contribution in [0.1, 0.15) is 6.42 Å². The first-order chi connectivity index (χ1) is 4.52. The fraction of sp³-hybridized carbons (Fsp3) is 0.333. The van der Waals surface area contributed by atoms with Crippen molar-refractivity contribution in [2.24, 2.45) is 5.73 Å². The summed E-state index contributed by atoms with van der Waals surface area (Å²) in [4.78, 5) is 29.7. The molecule has 0 unspecified atom stereocenters. The van der Waals surface area contributed by atoms with Gasteiger partial charge in [0.15, 0.2) is 5.03 Å². The smallest absolute Gasteiger partial charge is 0.289 e. The molecule has 0 bridgehead atoms. The quantitative estimate of drug-likeness (QED) is 0.277. The number of primary amides is 1. The monoisotopic (exact) mass is 147 g/mol. The van der Waals surface area contributed by atoms with E-state index in [9.17, 15) is 19.7 Å². The van der Waals surface area contributed by atoms with Gasteiger partial charge in [-0.15, -0.1) is 0 Å². The molecule has 0 aliphatic heterocycles.